The van der Waals surface area contributed by atoms with Crippen molar-refractivity contribution in [2.24, 2.45) is 46.2 Å². The lowest BCUT2D eigenvalue weighted by Crippen LogP contribution is -2.50. The smallest absolute Gasteiger partial charge is 0.254 e. The maximum Gasteiger partial charge on any atom is 0.254 e. The molecule has 0 radical (unpaired) electrons. The summed E-state index contributed by atoms with van der Waals surface area (Å²) in [6, 6.07) is 5.42. The van der Waals surface area contributed by atoms with Gasteiger partial charge in [-0.1, -0.05) is 55.4 Å². The summed E-state index contributed by atoms with van der Waals surface area (Å²) < 4.78 is 0. The van der Waals surface area contributed by atoms with E-state index < -0.39 is 5.91 Å². The van der Waals surface area contributed by atoms with Crippen molar-refractivity contribution in [1.29, 1.82) is 0 Å². The SMILES string of the molecule is CC(C)C1CCC(C(=O)Nc2cc(C(N)=O)cc(C(=O)N(C3CCC(C(C)(C)C)CC3)C3CCC(C(C)(C)C)CC3)c2)CC1. The van der Waals surface area contributed by atoms with E-state index >= 15 is 0 Å². The van der Waals surface area contributed by atoms with E-state index in [1.54, 1.807) is 18.2 Å². The van der Waals surface area contributed by atoms with Crippen LogP contribution in [0.2, 0.25) is 0 Å². The number of hydrogen-bond donors (Lipinski definition) is 2. The average Bonchev–Trinajstić information content (AvgIpc) is 2.96. The highest BCUT2D eigenvalue weighted by Gasteiger charge is 2.40. The lowest BCUT2D eigenvalue weighted by atomic mass is 9.69. The van der Waals surface area contributed by atoms with E-state index in [0.29, 0.717) is 34.9 Å². The molecule has 0 aromatic heterocycles. The molecule has 0 aliphatic heterocycles. The van der Waals surface area contributed by atoms with Crippen molar-refractivity contribution in [3.05, 3.63) is 29.3 Å². The zero-order chi connectivity index (χ0) is 32.4. The first-order valence-electron chi connectivity index (χ1n) is 17.6. The Bertz CT molecular complexity index is 1120. The molecule has 6 nitrogen and oxygen atoms in total. The third-order valence-electron chi connectivity index (χ3n) is 11.7. The predicted octanol–water partition coefficient (Wildman–Crippen LogP) is 8.84. The van der Waals surface area contributed by atoms with Gasteiger partial charge >= 0.3 is 0 Å². The van der Waals surface area contributed by atoms with Gasteiger partial charge in [-0.25, -0.2) is 0 Å². The molecule has 0 bridgehead atoms. The molecule has 44 heavy (non-hydrogen) atoms. The third kappa shape index (κ3) is 8.46. The lowest BCUT2D eigenvalue weighted by molar-refractivity contribution is -0.121. The summed E-state index contributed by atoms with van der Waals surface area (Å²) in [6.45, 7) is 18.5. The van der Waals surface area contributed by atoms with E-state index in [2.05, 4.69) is 65.6 Å². The summed E-state index contributed by atoms with van der Waals surface area (Å²) in [6.07, 6.45) is 12.4. The fourth-order valence-electron chi connectivity index (χ4n) is 8.48. The topological polar surface area (TPSA) is 92.5 Å². The molecular formula is C38H61N3O3. The van der Waals surface area contributed by atoms with Gasteiger partial charge in [-0.3, -0.25) is 14.4 Å². The molecule has 4 rings (SSSR count). The van der Waals surface area contributed by atoms with Crippen LogP contribution in [0.3, 0.4) is 0 Å². The predicted molar refractivity (Wildman–Crippen MR) is 180 cm³/mol. The number of carbonyl (C=O) groups excluding carboxylic acids is 3. The van der Waals surface area contributed by atoms with Gasteiger partial charge in [-0.2, -0.15) is 0 Å². The van der Waals surface area contributed by atoms with E-state index in [1.807, 2.05) is 0 Å². The average molecular weight is 608 g/mol. The highest BCUT2D eigenvalue weighted by molar-refractivity contribution is 6.02. The van der Waals surface area contributed by atoms with Gasteiger partial charge in [0.2, 0.25) is 11.8 Å². The maximum atomic E-state index is 14.6. The first-order valence-corrected chi connectivity index (χ1v) is 17.6. The second-order valence-electron chi connectivity index (χ2n) is 17.0. The summed E-state index contributed by atoms with van der Waals surface area (Å²) >= 11 is 0. The van der Waals surface area contributed by atoms with E-state index in [1.165, 1.54) is 0 Å². The Labute approximate surface area is 267 Å². The number of carbonyl (C=O) groups is 3. The Morgan fingerprint density at radius 2 is 1.16 bits per heavy atom. The minimum Gasteiger partial charge on any atom is -0.366 e. The molecule has 3 aliphatic rings. The van der Waals surface area contributed by atoms with Gasteiger partial charge in [-0.15, -0.1) is 0 Å². The van der Waals surface area contributed by atoms with Crippen LogP contribution < -0.4 is 11.1 Å². The molecule has 3 aliphatic carbocycles. The summed E-state index contributed by atoms with van der Waals surface area (Å²) in [7, 11) is 0. The van der Waals surface area contributed by atoms with Crippen LogP contribution in [-0.4, -0.2) is 34.7 Å². The molecule has 1 aromatic carbocycles. The molecule has 0 spiro atoms. The van der Waals surface area contributed by atoms with Crippen LogP contribution in [-0.2, 0) is 4.79 Å². The Morgan fingerprint density at radius 1 is 0.705 bits per heavy atom. The van der Waals surface area contributed by atoms with Gasteiger partial charge in [0.15, 0.2) is 0 Å². The van der Waals surface area contributed by atoms with Crippen molar-refractivity contribution in [1.82, 2.24) is 4.90 Å². The summed E-state index contributed by atoms with van der Waals surface area (Å²) in [5.74, 6) is 1.93. The summed E-state index contributed by atoms with van der Waals surface area (Å²) in [4.78, 5) is 42.5. The summed E-state index contributed by atoms with van der Waals surface area (Å²) in [5.41, 5.74) is 7.51. The van der Waals surface area contributed by atoms with Crippen molar-refractivity contribution in [3.8, 4) is 0 Å². The minimum atomic E-state index is -0.587. The monoisotopic (exact) mass is 607 g/mol. The molecule has 0 unspecified atom stereocenters. The maximum absolute atomic E-state index is 14.6. The van der Waals surface area contributed by atoms with E-state index in [-0.39, 0.29) is 46.2 Å². The van der Waals surface area contributed by atoms with Crippen LogP contribution in [0.25, 0.3) is 0 Å². The molecule has 3 saturated carbocycles. The standard InChI is InChI=1S/C38H61N3O3/c1-24(2)25-9-11-26(12-10-25)35(43)40-31-22-27(34(39)42)21-28(23-31)36(44)41(32-17-13-29(14-18-32)37(3,4)5)33-19-15-30(16-20-33)38(6,7)8/h21-26,29-30,32-33H,9-20H2,1-8H3,(H2,39,42)(H,40,43). The Balaban J connectivity index is 1.58. The van der Waals surface area contributed by atoms with Gasteiger partial charge in [-0.05, 0) is 130 Å². The molecular weight excluding hydrogens is 546 g/mol. The van der Waals surface area contributed by atoms with Gasteiger partial charge in [0.1, 0.15) is 0 Å². The molecule has 3 N–H and O–H groups in total. The van der Waals surface area contributed by atoms with Gasteiger partial charge < -0.3 is 16.0 Å². The number of nitrogens with one attached hydrogen (secondary N) is 1. The van der Waals surface area contributed by atoms with Crippen molar-refractivity contribution >= 4 is 23.4 Å². The van der Waals surface area contributed by atoms with Crippen molar-refractivity contribution < 1.29 is 14.4 Å². The second-order valence-corrected chi connectivity index (χ2v) is 17.0. The van der Waals surface area contributed by atoms with E-state index in [4.69, 9.17) is 5.73 Å². The molecule has 0 atom stereocenters. The Kier molecular flexibility index (Phi) is 10.9. The van der Waals surface area contributed by atoms with Crippen molar-refractivity contribution in [2.45, 2.75) is 145 Å². The number of nitrogens with zero attached hydrogens (tertiary/aromatic N) is 1. The van der Waals surface area contributed by atoms with Crippen LogP contribution in [0.4, 0.5) is 5.69 Å². The number of amides is 3. The van der Waals surface area contributed by atoms with Gasteiger partial charge in [0.25, 0.3) is 5.91 Å². The first kappa shape index (κ1) is 34.5. The summed E-state index contributed by atoms with van der Waals surface area (Å²) in [5, 5.41) is 3.07. The number of benzene rings is 1. The largest absolute Gasteiger partial charge is 0.366 e. The van der Waals surface area contributed by atoms with Crippen molar-refractivity contribution in [3.63, 3.8) is 0 Å². The van der Waals surface area contributed by atoms with E-state index in [0.717, 1.165) is 77.0 Å². The third-order valence-corrected chi connectivity index (χ3v) is 11.7. The quantitative estimate of drug-likeness (QED) is 0.324. The number of rotatable bonds is 7. The number of primary amides is 1. The molecule has 0 heterocycles. The molecule has 246 valence electrons. The van der Waals surface area contributed by atoms with Crippen LogP contribution in [0.15, 0.2) is 18.2 Å². The highest BCUT2D eigenvalue weighted by Crippen LogP contribution is 2.43. The molecule has 1 aromatic rings. The zero-order valence-electron chi connectivity index (χ0n) is 29.0. The zero-order valence-corrected chi connectivity index (χ0v) is 29.0. The van der Waals surface area contributed by atoms with Crippen LogP contribution in [0.5, 0.6) is 0 Å². The lowest BCUT2D eigenvalue weighted by Gasteiger charge is -2.47. The second kappa shape index (κ2) is 14.0. The van der Waals surface area contributed by atoms with Crippen LogP contribution in [0.1, 0.15) is 153 Å². The normalized spacial score (nSPS) is 28.4. The van der Waals surface area contributed by atoms with E-state index in [9.17, 15) is 14.4 Å². The fourth-order valence-corrected chi connectivity index (χ4v) is 8.48. The van der Waals surface area contributed by atoms with Gasteiger partial charge in [0.05, 0.1) is 0 Å². The number of anilines is 1. The molecule has 3 fully saturated rings. The first-order chi connectivity index (χ1) is 20.5. The highest BCUT2D eigenvalue weighted by atomic mass is 16.2. The van der Waals surface area contributed by atoms with Gasteiger partial charge in [0, 0.05) is 34.8 Å². The van der Waals surface area contributed by atoms with Crippen LogP contribution in [0, 0.1) is 40.4 Å². The minimum absolute atomic E-state index is 0.0231. The fraction of sp³-hybridized carbons (Fsp3) is 0.763. The molecule has 0 saturated heterocycles. The van der Waals surface area contributed by atoms with Crippen molar-refractivity contribution in [2.75, 3.05) is 5.32 Å². The molecule has 3 amide bonds. The Hall–Kier alpha value is -2.37. The molecule has 6 heteroatoms. The van der Waals surface area contributed by atoms with Crippen LogP contribution >= 0.6 is 0 Å². The number of nitrogens with two attached hydrogens (primary N) is 1. The number of hydrogen-bond acceptors (Lipinski definition) is 3. The Morgan fingerprint density at radius 3 is 1.57 bits per heavy atom.